The summed E-state index contributed by atoms with van der Waals surface area (Å²) < 4.78 is 22.5. The minimum atomic E-state index is -1.81. The van der Waals surface area contributed by atoms with Gasteiger partial charge in [-0.05, 0) is 31.2 Å². The van der Waals surface area contributed by atoms with E-state index in [1.165, 1.54) is 31.2 Å². The van der Waals surface area contributed by atoms with Gasteiger partial charge in [-0.2, -0.15) is 0 Å². The van der Waals surface area contributed by atoms with E-state index in [-0.39, 0.29) is 28.0 Å². The van der Waals surface area contributed by atoms with E-state index in [0.29, 0.717) is 5.56 Å². The Morgan fingerprint density at radius 3 is 2.12 bits per heavy atom. The molecule has 2 aliphatic heterocycles. The molecule has 0 aliphatic carbocycles. The molecule has 3 heterocycles. The molecule has 9 N–H and O–H groups in total. The van der Waals surface area contributed by atoms with Crippen LogP contribution in [-0.2, 0) is 9.47 Å². The van der Waals surface area contributed by atoms with Gasteiger partial charge in [0.15, 0.2) is 11.0 Å². The summed E-state index contributed by atoms with van der Waals surface area (Å²) in [5.41, 5.74) is -1.06. The molecular formula is C27H30O14. The molecule has 2 aromatic carbocycles. The Morgan fingerprint density at radius 1 is 0.805 bits per heavy atom. The van der Waals surface area contributed by atoms with Gasteiger partial charge in [0.25, 0.3) is 0 Å². The van der Waals surface area contributed by atoms with Crippen molar-refractivity contribution in [3.8, 4) is 28.6 Å². The maximum Gasteiger partial charge on any atom is 0.229 e. The minimum absolute atomic E-state index is 0.0361. The molecule has 41 heavy (non-hydrogen) atoms. The van der Waals surface area contributed by atoms with Crippen LogP contribution in [0.5, 0.6) is 17.2 Å². The first-order valence-electron chi connectivity index (χ1n) is 12.7. The average Bonchev–Trinajstić information content (AvgIpc) is 2.94. The topological polar surface area (TPSA) is 240 Å². The Balaban J connectivity index is 1.51. The maximum atomic E-state index is 13.1. The van der Waals surface area contributed by atoms with Crippen LogP contribution in [-0.4, -0.2) is 108 Å². The number of hydrogen-bond donors (Lipinski definition) is 9. The summed E-state index contributed by atoms with van der Waals surface area (Å²) in [6, 6.07) is 7.81. The highest BCUT2D eigenvalue weighted by atomic mass is 16.7. The predicted octanol–water partition coefficient (Wildman–Crippen LogP) is -1.41. The molecule has 3 aromatic rings. The van der Waals surface area contributed by atoms with Crippen LogP contribution in [0.3, 0.4) is 0 Å². The Labute approximate surface area is 231 Å². The highest BCUT2D eigenvalue weighted by Gasteiger charge is 2.46. The first-order chi connectivity index (χ1) is 19.4. The van der Waals surface area contributed by atoms with Gasteiger partial charge in [0.05, 0.1) is 18.3 Å². The predicted molar refractivity (Wildman–Crippen MR) is 137 cm³/mol. The number of aliphatic hydroxyl groups excluding tert-OH is 7. The van der Waals surface area contributed by atoms with Gasteiger partial charge in [-0.15, -0.1) is 0 Å². The van der Waals surface area contributed by atoms with E-state index in [4.69, 9.17) is 18.6 Å². The lowest BCUT2D eigenvalue weighted by atomic mass is 9.89. The third-order valence-electron chi connectivity index (χ3n) is 7.37. The molecule has 0 amide bonds. The zero-order valence-electron chi connectivity index (χ0n) is 21.5. The third kappa shape index (κ3) is 5.14. The van der Waals surface area contributed by atoms with Gasteiger partial charge in [-0.1, -0.05) is 0 Å². The number of benzene rings is 2. The van der Waals surface area contributed by atoms with Crippen molar-refractivity contribution < 1.29 is 64.6 Å². The van der Waals surface area contributed by atoms with Gasteiger partial charge >= 0.3 is 0 Å². The monoisotopic (exact) mass is 578 g/mol. The summed E-state index contributed by atoms with van der Waals surface area (Å²) >= 11 is 0. The van der Waals surface area contributed by atoms with E-state index in [9.17, 15) is 50.8 Å². The summed E-state index contributed by atoms with van der Waals surface area (Å²) in [6.07, 6.45) is -14.5. The van der Waals surface area contributed by atoms with Gasteiger partial charge in [0.1, 0.15) is 77.2 Å². The number of aromatic hydroxyl groups is 2. The summed E-state index contributed by atoms with van der Waals surface area (Å²) in [5.74, 6) is -1.10. The van der Waals surface area contributed by atoms with Crippen LogP contribution in [0.2, 0.25) is 0 Å². The van der Waals surface area contributed by atoms with Crippen LogP contribution in [0.25, 0.3) is 22.3 Å². The SMILES string of the molecule is C[C@@H]1O[C@@H](Oc2ccc(-c3cc(=O)c4c(O)cc(O)c([C@@H]5O[C@H](CO)[C@H](O)[C@H](O)[C@@H]5O)c4o3)cc2)[C@H](O)[C@H](O)[C@H]1O. The second-order valence-electron chi connectivity index (χ2n) is 10.1. The molecule has 222 valence electrons. The van der Waals surface area contributed by atoms with Gasteiger partial charge in [0, 0.05) is 17.7 Å². The lowest BCUT2D eigenvalue weighted by Gasteiger charge is -2.40. The van der Waals surface area contributed by atoms with Crippen LogP contribution in [0.1, 0.15) is 18.6 Å². The van der Waals surface area contributed by atoms with Gasteiger partial charge in [-0.25, -0.2) is 0 Å². The highest BCUT2D eigenvalue weighted by Crippen LogP contribution is 2.43. The van der Waals surface area contributed by atoms with Crippen LogP contribution in [0, 0.1) is 0 Å². The van der Waals surface area contributed by atoms with E-state index in [1.807, 2.05) is 0 Å². The summed E-state index contributed by atoms with van der Waals surface area (Å²) in [6.45, 7) is 0.776. The molecule has 0 radical (unpaired) electrons. The van der Waals surface area contributed by atoms with Crippen LogP contribution in [0.15, 0.2) is 45.6 Å². The molecular weight excluding hydrogens is 548 g/mol. The number of hydrogen-bond acceptors (Lipinski definition) is 14. The van der Waals surface area contributed by atoms with E-state index >= 15 is 0 Å². The molecule has 14 heteroatoms. The van der Waals surface area contributed by atoms with Crippen LogP contribution in [0.4, 0.5) is 0 Å². The zero-order valence-corrected chi connectivity index (χ0v) is 21.5. The Morgan fingerprint density at radius 2 is 1.46 bits per heavy atom. The third-order valence-corrected chi connectivity index (χ3v) is 7.37. The van der Waals surface area contributed by atoms with Crippen molar-refractivity contribution >= 4 is 11.0 Å². The molecule has 1 aromatic heterocycles. The van der Waals surface area contributed by atoms with Crippen molar-refractivity contribution in [3.63, 3.8) is 0 Å². The number of phenolic OH excluding ortho intramolecular Hbond substituents is 2. The fourth-order valence-corrected chi connectivity index (χ4v) is 5.02. The van der Waals surface area contributed by atoms with Gasteiger partial charge in [0.2, 0.25) is 6.29 Å². The lowest BCUT2D eigenvalue weighted by molar-refractivity contribution is -0.268. The highest BCUT2D eigenvalue weighted by molar-refractivity contribution is 5.89. The molecule has 10 atom stereocenters. The van der Waals surface area contributed by atoms with Crippen molar-refractivity contribution in [1.29, 1.82) is 0 Å². The zero-order chi connectivity index (χ0) is 29.7. The Kier molecular flexibility index (Phi) is 7.95. The number of fused-ring (bicyclic) bond motifs is 1. The lowest BCUT2D eigenvalue weighted by Crippen LogP contribution is -2.58. The number of ether oxygens (including phenoxy) is 3. The van der Waals surface area contributed by atoms with Gasteiger partial charge < -0.3 is 64.6 Å². The smallest absolute Gasteiger partial charge is 0.229 e. The molecule has 5 rings (SSSR count). The standard InChI is InChI=1S/C27H30O14/c1-9-19(32)21(34)24(37)27(38-9)39-11-4-2-10(3-5-11)15-7-14(31)17-12(29)6-13(30)18(25(17)40-15)26-23(36)22(35)20(33)16(8-28)41-26/h2-7,9,16,19-24,26-30,32-37H,8H2,1H3/t9-,16+,19-,20-,21+,22-,23-,24+,26-,27-/m0/s1. The quantitative estimate of drug-likeness (QED) is 0.169. The fourth-order valence-electron chi connectivity index (χ4n) is 5.02. The molecule has 2 aliphatic rings. The van der Waals surface area contributed by atoms with Crippen molar-refractivity contribution in [1.82, 2.24) is 0 Å². The van der Waals surface area contributed by atoms with E-state index in [0.717, 1.165) is 12.1 Å². The molecule has 0 bridgehead atoms. The average molecular weight is 579 g/mol. The number of aliphatic hydroxyl groups is 7. The second-order valence-corrected chi connectivity index (χ2v) is 10.1. The molecule has 14 nitrogen and oxygen atoms in total. The summed E-state index contributed by atoms with van der Waals surface area (Å²) in [7, 11) is 0. The Bertz CT molecular complexity index is 1450. The first kappa shape index (κ1) is 29.2. The summed E-state index contributed by atoms with van der Waals surface area (Å²) in [5, 5.41) is 91.4. The molecule has 0 spiro atoms. The largest absolute Gasteiger partial charge is 0.507 e. The van der Waals surface area contributed by atoms with E-state index in [1.54, 1.807) is 0 Å². The Hall–Kier alpha value is -3.31. The molecule has 0 saturated carbocycles. The number of rotatable bonds is 5. The molecule has 2 saturated heterocycles. The van der Waals surface area contributed by atoms with E-state index in [2.05, 4.69) is 0 Å². The second kappa shape index (κ2) is 11.2. The first-order valence-corrected chi connectivity index (χ1v) is 12.7. The van der Waals surface area contributed by atoms with Crippen molar-refractivity contribution in [2.45, 2.75) is 68.1 Å². The van der Waals surface area contributed by atoms with Crippen LogP contribution >= 0.6 is 0 Å². The fraction of sp³-hybridized carbons (Fsp3) is 0.444. The normalized spacial score (nSPS) is 34.0. The van der Waals surface area contributed by atoms with Crippen molar-refractivity contribution in [2.75, 3.05) is 6.61 Å². The molecule has 0 unspecified atom stereocenters. The van der Waals surface area contributed by atoms with E-state index < -0.39 is 84.8 Å². The van der Waals surface area contributed by atoms with Crippen molar-refractivity contribution in [2.24, 2.45) is 0 Å². The molecule has 2 fully saturated rings. The summed E-state index contributed by atoms with van der Waals surface area (Å²) in [4.78, 5) is 13.1. The maximum absolute atomic E-state index is 13.1. The minimum Gasteiger partial charge on any atom is -0.507 e. The van der Waals surface area contributed by atoms with Gasteiger partial charge in [-0.3, -0.25) is 4.79 Å². The number of phenols is 2. The van der Waals surface area contributed by atoms with Crippen molar-refractivity contribution in [3.05, 3.63) is 52.2 Å². The van der Waals surface area contributed by atoms with Crippen LogP contribution < -0.4 is 10.2 Å².